The molecule has 19 heavy (non-hydrogen) atoms. The zero-order valence-corrected chi connectivity index (χ0v) is 10.9. The fraction of sp³-hybridized carbons (Fsp3) is 0.385. The maximum atomic E-state index is 11.3. The fourth-order valence-corrected chi connectivity index (χ4v) is 2.04. The lowest BCUT2D eigenvalue weighted by molar-refractivity contribution is -0.120. The maximum absolute atomic E-state index is 11.3. The zero-order valence-electron chi connectivity index (χ0n) is 10.9. The van der Waals surface area contributed by atoms with Crippen LogP contribution in [0.1, 0.15) is 18.9 Å². The van der Waals surface area contributed by atoms with Gasteiger partial charge in [0.1, 0.15) is 0 Å². The van der Waals surface area contributed by atoms with Crippen molar-refractivity contribution in [2.24, 2.45) is 0 Å². The smallest absolute Gasteiger partial charge is 0.228 e. The quantitative estimate of drug-likeness (QED) is 0.587. The van der Waals surface area contributed by atoms with Gasteiger partial charge in [-0.1, -0.05) is 0 Å². The lowest BCUT2D eigenvalue weighted by Gasteiger charge is -2.11. The Morgan fingerprint density at radius 2 is 2.26 bits per heavy atom. The Labute approximate surface area is 111 Å². The highest BCUT2D eigenvalue weighted by atomic mass is 16.2. The van der Waals surface area contributed by atoms with Gasteiger partial charge in [0.25, 0.3) is 0 Å². The Hall–Kier alpha value is -2.24. The van der Waals surface area contributed by atoms with Gasteiger partial charge in [0.05, 0.1) is 17.8 Å². The van der Waals surface area contributed by atoms with Crippen molar-refractivity contribution in [1.29, 1.82) is 0 Å². The average molecular weight is 262 g/mol. The first-order valence-electron chi connectivity index (χ1n) is 6.33. The van der Waals surface area contributed by atoms with Crippen molar-refractivity contribution in [2.75, 3.05) is 29.5 Å². The summed E-state index contributed by atoms with van der Waals surface area (Å²) < 4.78 is 0. The first-order chi connectivity index (χ1) is 9.10. The molecule has 0 radical (unpaired) electrons. The molecule has 0 spiro atoms. The summed E-state index contributed by atoms with van der Waals surface area (Å²) in [6.07, 6.45) is 0.759. The van der Waals surface area contributed by atoms with Gasteiger partial charge in [0, 0.05) is 25.2 Å². The van der Waals surface area contributed by atoms with Crippen molar-refractivity contribution in [1.82, 2.24) is 5.32 Å². The minimum absolute atomic E-state index is 0.00281. The molecule has 6 nitrogen and oxygen atoms in total. The molecule has 0 fully saturated rings. The third-order valence-electron chi connectivity index (χ3n) is 2.94. The van der Waals surface area contributed by atoms with E-state index in [1.54, 1.807) is 6.07 Å². The molecule has 0 bridgehead atoms. The molecular formula is C13H18N4O2. The van der Waals surface area contributed by atoms with Crippen LogP contribution in [0.15, 0.2) is 12.1 Å². The van der Waals surface area contributed by atoms with Crippen LogP contribution in [0, 0.1) is 0 Å². The van der Waals surface area contributed by atoms with E-state index in [9.17, 15) is 9.59 Å². The molecule has 1 aliphatic rings. The van der Waals surface area contributed by atoms with Gasteiger partial charge in [-0.25, -0.2) is 0 Å². The number of nitrogens with one attached hydrogen (secondary N) is 3. The first kappa shape index (κ1) is 13.2. The third kappa shape index (κ3) is 3.15. The van der Waals surface area contributed by atoms with Crippen molar-refractivity contribution in [3.05, 3.63) is 17.7 Å². The van der Waals surface area contributed by atoms with Crippen LogP contribution >= 0.6 is 0 Å². The van der Waals surface area contributed by atoms with Gasteiger partial charge in [-0.2, -0.15) is 0 Å². The van der Waals surface area contributed by atoms with Crippen LogP contribution in [-0.2, 0) is 16.0 Å². The van der Waals surface area contributed by atoms with Gasteiger partial charge >= 0.3 is 0 Å². The third-order valence-corrected chi connectivity index (χ3v) is 2.94. The molecule has 0 saturated heterocycles. The van der Waals surface area contributed by atoms with Gasteiger partial charge in [-0.3, -0.25) is 9.59 Å². The molecule has 0 atom stereocenters. The minimum Gasteiger partial charge on any atom is -0.397 e. The second kappa shape index (κ2) is 5.60. The summed E-state index contributed by atoms with van der Waals surface area (Å²) in [5.41, 5.74) is 8.95. The summed E-state index contributed by atoms with van der Waals surface area (Å²) in [6, 6.07) is 3.61. The number of fused-ring (bicyclic) bond motifs is 1. The highest BCUT2D eigenvalue weighted by Gasteiger charge is 2.19. The SMILES string of the molecule is CCNC(=O)CCNc1cc2c(cc1N)CC(=O)N2. The van der Waals surface area contributed by atoms with E-state index < -0.39 is 0 Å². The van der Waals surface area contributed by atoms with E-state index in [0.29, 0.717) is 31.6 Å². The number of anilines is 3. The lowest BCUT2D eigenvalue weighted by Crippen LogP contribution is -2.24. The van der Waals surface area contributed by atoms with Gasteiger partial charge in [-0.15, -0.1) is 0 Å². The minimum atomic E-state index is -0.0196. The summed E-state index contributed by atoms with van der Waals surface area (Å²) in [6.45, 7) is 3.01. The predicted octanol–water partition coefficient (Wildman–Crippen LogP) is 0.701. The Balaban J connectivity index is 1.96. The largest absolute Gasteiger partial charge is 0.397 e. The van der Waals surface area contributed by atoms with Crippen LogP contribution < -0.4 is 21.7 Å². The van der Waals surface area contributed by atoms with Crippen LogP contribution in [0.25, 0.3) is 0 Å². The second-order valence-corrected chi connectivity index (χ2v) is 4.45. The molecule has 0 saturated carbocycles. The number of benzene rings is 1. The van der Waals surface area contributed by atoms with Crippen molar-refractivity contribution in [3.8, 4) is 0 Å². The highest BCUT2D eigenvalue weighted by Crippen LogP contribution is 2.31. The molecule has 0 aromatic heterocycles. The van der Waals surface area contributed by atoms with Gasteiger partial charge in [0.2, 0.25) is 11.8 Å². The predicted molar refractivity (Wildman–Crippen MR) is 75.0 cm³/mol. The number of carbonyl (C=O) groups excluding carboxylic acids is 2. The lowest BCUT2D eigenvalue weighted by atomic mass is 10.1. The van der Waals surface area contributed by atoms with Crippen LogP contribution in [0.2, 0.25) is 0 Å². The number of carbonyl (C=O) groups is 2. The second-order valence-electron chi connectivity index (χ2n) is 4.45. The molecule has 2 amide bonds. The topological polar surface area (TPSA) is 96.2 Å². The van der Waals surface area contributed by atoms with Crippen molar-refractivity contribution >= 4 is 28.9 Å². The van der Waals surface area contributed by atoms with Gasteiger partial charge in [0.15, 0.2) is 0 Å². The summed E-state index contributed by atoms with van der Waals surface area (Å²) in [7, 11) is 0. The molecule has 0 unspecified atom stereocenters. The number of hydrogen-bond donors (Lipinski definition) is 4. The summed E-state index contributed by atoms with van der Waals surface area (Å²) in [5, 5.41) is 8.61. The summed E-state index contributed by atoms with van der Waals surface area (Å²) >= 11 is 0. The summed E-state index contributed by atoms with van der Waals surface area (Å²) in [5.74, 6) is -0.0168. The van der Waals surface area contributed by atoms with E-state index in [4.69, 9.17) is 5.73 Å². The zero-order chi connectivity index (χ0) is 13.8. The summed E-state index contributed by atoms with van der Waals surface area (Å²) in [4.78, 5) is 22.6. The highest BCUT2D eigenvalue weighted by molar-refractivity contribution is 6.00. The van der Waals surface area contributed by atoms with E-state index in [-0.39, 0.29) is 11.8 Å². The Bertz CT molecular complexity index is 514. The van der Waals surface area contributed by atoms with Crippen LogP contribution in [0.5, 0.6) is 0 Å². The molecule has 102 valence electrons. The normalized spacial score (nSPS) is 12.8. The van der Waals surface area contributed by atoms with Crippen molar-refractivity contribution in [3.63, 3.8) is 0 Å². The van der Waals surface area contributed by atoms with Crippen LogP contribution in [-0.4, -0.2) is 24.9 Å². The molecular weight excluding hydrogens is 244 g/mol. The van der Waals surface area contributed by atoms with Crippen molar-refractivity contribution < 1.29 is 9.59 Å². The Morgan fingerprint density at radius 1 is 1.47 bits per heavy atom. The standard InChI is InChI=1S/C13H18N4O2/c1-2-15-12(18)3-4-16-11-7-10-8(5-9(11)14)6-13(19)17-10/h5,7,16H,2-4,6,14H2,1H3,(H,15,18)(H,17,19). The Kier molecular flexibility index (Phi) is 3.89. The molecule has 1 aromatic carbocycles. The van der Waals surface area contributed by atoms with Gasteiger partial charge in [-0.05, 0) is 24.6 Å². The molecule has 1 heterocycles. The fourth-order valence-electron chi connectivity index (χ4n) is 2.04. The van der Waals surface area contributed by atoms with E-state index in [2.05, 4.69) is 16.0 Å². The molecule has 6 heteroatoms. The Morgan fingerprint density at radius 3 is 3.00 bits per heavy atom. The molecule has 0 aliphatic carbocycles. The maximum Gasteiger partial charge on any atom is 0.228 e. The monoisotopic (exact) mass is 262 g/mol. The van der Waals surface area contributed by atoms with E-state index in [1.165, 1.54) is 0 Å². The number of amides is 2. The molecule has 1 aliphatic heterocycles. The molecule has 1 aromatic rings. The number of rotatable bonds is 5. The number of hydrogen-bond acceptors (Lipinski definition) is 4. The van der Waals surface area contributed by atoms with E-state index >= 15 is 0 Å². The van der Waals surface area contributed by atoms with Crippen LogP contribution in [0.3, 0.4) is 0 Å². The number of nitrogen functional groups attached to an aromatic ring is 1. The van der Waals surface area contributed by atoms with Gasteiger partial charge < -0.3 is 21.7 Å². The van der Waals surface area contributed by atoms with E-state index in [0.717, 1.165) is 16.9 Å². The van der Waals surface area contributed by atoms with Crippen molar-refractivity contribution in [2.45, 2.75) is 19.8 Å². The first-order valence-corrected chi connectivity index (χ1v) is 6.33. The molecule has 2 rings (SSSR count). The average Bonchev–Trinajstić information content (AvgIpc) is 2.69. The molecule has 5 N–H and O–H groups in total. The number of nitrogens with two attached hydrogens (primary N) is 1. The van der Waals surface area contributed by atoms with Crippen LogP contribution in [0.4, 0.5) is 17.1 Å². The van der Waals surface area contributed by atoms with E-state index in [1.807, 2.05) is 13.0 Å².